The summed E-state index contributed by atoms with van der Waals surface area (Å²) in [4.78, 5) is 13.1. The number of piperidine rings is 1. The summed E-state index contributed by atoms with van der Waals surface area (Å²) in [5, 5.41) is 3.58. The Morgan fingerprint density at radius 3 is 2.38 bits per heavy atom. The van der Waals surface area contributed by atoms with Crippen molar-refractivity contribution in [2.24, 2.45) is 0 Å². The molecule has 4 aromatic rings. The molecule has 8 heteroatoms. The van der Waals surface area contributed by atoms with Gasteiger partial charge >= 0.3 is 0 Å². The van der Waals surface area contributed by atoms with E-state index in [0.717, 1.165) is 24.6 Å². The van der Waals surface area contributed by atoms with Crippen molar-refractivity contribution in [1.82, 2.24) is 4.31 Å². The van der Waals surface area contributed by atoms with Gasteiger partial charge < -0.3 is 14.5 Å². The van der Waals surface area contributed by atoms with Crippen LogP contribution in [0.25, 0.3) is 11.0 Å². The van der Waals surface area contributed by atoms with Crippen molar-refractivity contribution in [3.63, 3.8) is 0 Å². The van der Waals surface area contributed by atoms with Crippen molar-refractivity contribution in [1.29, 1.82) is 0 Å². The SMILES string of the molecule is O=C(Nc1cc(S(=O)(=O)N2CCCCC2)ccc1Oc1ccccc1)c1cc2ccccc2o1. The molecule has 1 aromatic heterocycles. The molecule has 0 spiro atoms. The van der Waals surface area contributed by atoms with Crippen LogP contribution in [0, 0.1) is 0 Å². The number of para-hydroxylation sites is 2. The summed E-state index contributed by atoms with van der Waals surface area (Å²) in [5.41, 5.74) is 0.835. The molecule has 0 saturated carbocycles. The Bertz CT molecular complexity index is 1390. The van der Waals surface area contributed by atoms with Crippen molar-refractivity contribution >= 4 is 32.6 Å². The van der Waals surface area contributed by atoms with Crippen LogP contribution in [-0.2, 0) is 10.0 Å². The van der Waals surface area contributed by atoms with Crippen LogP contribution < -0.4 is 10.1 Å². The molecule has 3 aromatic carbocycles. The first kappa shape index (κ1) is 22.2. The van der Waals surface area contributed by atoms with Gasteiger partial charge in [0, 0.05) is 18.5 Å². The summed E-state index contributed by atoms with van der Waals surface area (Å²) in [5.74, 6) is 0.513. The number of anilines is 1. The molecule has 0 atom stereocenters. The highest BCUT2D eigenvalue weighted by atomic mass is 32.2. The normalized spacial score (nSPS) is 14.7. The summed E-state index contributed by atoms with van der Waals surface area (Å²) >= 11 is 0. The number of carbonyl (C=O) groups excluding carboxylic acids is 1. The van der Waals surface area contributed by atoms with Crippen LogP contribution in [0.4, 0.5) is 5.69 Å². The van der Waals surface area contributed by atoms with Crippen molar-refractivity contribution in [3.05, 3.63) is 84.6 Å². The highest BCUT2D eigenvalue weighted by Gasteiger charge is 2.27. The lowest BCUT2D eigenvalue weighted by Crippen LogP contribution is -2.35. The van der Waals surface area contributed by atoms with E-state index in [9.17, 15) is 13.2 Å². The largest absolute Gasteiger partial charge is 0.455 e. The molecule has 1 aliphatic heterocycles. The zero-order valence-corrected chi connectivity index (χ0v) is 19.3. The van der Waals surface area contributed by atoms with Crippen LogP contribution >= 0.6 is 0 Å². The first-order valence-electron chi connectivity index (χ1n) is 11.2. The molecule has 0 radical (unpaired) electrons. The number of benzene rings is 3. The van der Waals surface area contributed by atoms with E-state index in [-0.39, 0.29) is 16.3 Å². The van der Waals surface area contributed by atoms with Crippen LogP contribution in [-0.4, -0.2) is 31.7 Å². The monoisotopic (exact) mass is 476 g/mol. The molecule has 34 heavy (non-hydrogen) atoms. The van der Waals surface area contributed by atoms with E-state index in [1.807, 2.05) is 36.4 Å². The molecule has 1 N–H and O–H groups in total. The minimum Gasteiger partial charge on any atom is -0.455 e. The molecule has 1 fully saturated rings. The third kappa shape index (κ3) is 4.55. The highest BCUT2D eigenvalue weighted by molar-refractivity contribution is 7.89. The number of nitrogens with zero attached hydrogens (tertiary/aromatic N) is 1. The van der Waals surface area contributed by atoms with E-state index >= 15 is 0 Å². The smallest absolute Gasteiger partial charge is 0.291 e. The van der Waals surface area contributed by atoms with Crippen LogP contribution in [0.1, 0.15) is 29.8 Å². The van der Waals surface area contributed by atoms with Crippen LogP contribution in [0.5, 0.6) is 11.5 Å². The Hall–Kier alpha value is -3.62. The zero-order chi connectivity index (χ0) is 23.5. The molecule has 0 unspecified atom stereocenters. The number of ether oxygens (including phenoxy) is 1. The predicted octanol–water partition coefficient (Wildman–Crippen LogP) is 5.65. The van der Waals surface area contributed by atoms with Gasteiger partial charge in [0.25, 0.3) is 5.91 Å². The fourth-order valence-corrected chi connectivity index (χ4v) is 5.55. The average molecular weight is 477 g/mol. The maximum atomic E-state index is 13.2. The van der Waals surface area contributed by atoms with Gasteiger partial charge in [0.05, 0.1) is 10.6 Å². The van der Waals surface area contributed by atoms with Crippen molar-refractivity contribution in [2.75, 3.05) is 18.4 Å². The van der Waals surface area contributed by atoms with Gasteiger partial charge in [-0.3, -0.25) is 4.79 Å². The minimum atomic E-state index is -3.69. The van der Waals surface area contributed by atoms with Crippen molar-refractivity contribution in [3.8, 4) is 11.5 Å². The van der Waals surface area contributed by atoms with Crippen LogP contribution in [0.3, 0.4) is 0 Å². The highest BCUT2D eigenvalue weighted by Crippen LogP contribution is 2.34. The number of amides is 1. The Labute approximate surface area is 198 Å². The summed E-state index contributed by atoms with van der Waals surface area (Å²) in [7, 11) is -3.69. The molecule has 7 nitrogen and oxygen atoms in total. The standard InChI is InChI=1S/C26H24N2O5S/c29-26(25-17-19-9-5-6-12-23(19)33-25)27-22-18-21(34(30,31)28-15-7-2-8-16-28)13-14-24(22)32-20-10-3-1-4-11-20/h1,3-6,9-14,17-18H,2,7-8,15-16H2,(H,27,29). The van der Waals surface area contributed by atoms with E-state index in [1.54, 1.807) is 30.3 Å². The fraction of sp³-hybridized carbons (Fsp3) is 0.192. The molecule has 0 bridgehead atoms. The quantitative estimate of drug-likeness (QED) is 0.388. The lowest BCUT2D eigenvalue weighted by atomic mass is 10.2. The lowest BCUT2D eigenvalue weighted by Gasteiger charge is -2.26. The molecule has 174 valence electrons. The molecular formula is C26H24N2O5S. The van der Waals surface area contributed by atoms with Gasteiger partial charge in [-0.2, -0.15) is 4.31 Å². The second-order valence-electron chi connectivity index (χ2n) is 8.14. The molecule has 1 aliphatic rings. The summed E-state index contributed by atoms with van der Waals surface area (Å²) < 4.78 is 39.6. The van der Waals surface area contributed by atoms with Gasteiger partial charge in [0.15, 0.2) is 11.5 Å². The van der Waals surface area contributed by atoms with Gasteiger partial charge in [-0.25, -0.2) is 8.42 Å². The van der Waals surface area contributed by atoms with Gasteiger partial charge in [0.1, 0.15) is 11.3 Å². The van der Waals surface area contributed by atoms with Crippen LogP contribution in [0.15, 0.2) is 88.2 Å². The lowest BCUT2D eigenvalue weighted by molar-refractivity contribution is 0.0998. The molecule has 5 rings (SSSR count). The van der Waals surface area contributed by atoms with Gasteiger partial charge in [-0.05, 0) is 55.3 Å². The zero-order valence-electron chi connectivity index (χ0n) is 18.4. The van der Waals surface area contributed by atoms with E-state index < -0.39 is 15.9 Å². The number of furan rings is 1. The summed E-state index contributed by atoms with van der Waals surface area (Å²) in [6.45, 7) is 0.983. The third-order valence-corrected chi connectivity index (χ3v) is 7.67. The number of fused-ring (bicyclic) bond motifs is 1. The maximum Gasteiger partial charge on any atom is 0.291 e. The Morgan fingerprint density at radius 1 is 0.882 bits per heavy atom. The first-order valence-corrected chi connectivity index (χ1v) is 12.6. The average Bonchev–Trinajstić information content (AvgIpc) is 3.31. The van der Waals surface area contributed by atoms with Gasteiger partial charge in [-0.15, -0.1) is 0 Å². The second kappa shape index (κ2) is 9.32. The van der Waals surface area contributed by atoms with Crippen molar-refractivity contribution < 1.29 is 22.4 Å². The Kier molecular flexibility index (Phi) is 6.08. The first-order chi connectivity index (χ1) is 16.5. The van der Waals surface area contributed by atoms with E-state index in [2.05, 4.69) is 5.32 Å². The second-order valence-corrected chi connectivity index (χ2v) is 10.1. The summed E-state index contributed by atoms with van der Waals surface area (Å²) in [6.07, 6.45) is 2.70. The molecule has 1 saturated heterocycles. The predicted molar refractivity (Wildman–Crippen MR) is 130 cm³/mol. The number of hydrogen-bond acceptors (Lipinski definition) is 5. The van der Waals surface area contributed by atoms with Gasteiger partial charge in [0.2, 0.25) is 10.0 Å². The van der Waals surface area contributed by atoms with Crippen molar-refractivity contribution in [2.45, 2.75) is 24.2 Å². The van der Waals surface area contributed by atoms with E-state index in [1.165, 1.54) is 16.4 Å². The fourth-order valence-electron chi connectivity index (χ4n) is 4.00. The molecular weight excluding hydrogens is 452 g/mol. The Balaban J connectivity index is 1.50. The number of rotatable bonds is 6. The molecule has 0 aliphatic carbocycles. The number of nitrogens with one attached hydrogen (secondary N) is 1. The van der Waals surface area contributed by atoms with E-state index in [0.29, 0.717) is 30.2 Å². The number of sulfonamides is 1. The number of hydrogen-bond donors (Lipinski definition) is 1. The number of carbonyl (C=O) groups is 1. The Morgan fingerprint density at radius 2 is 1.62 bits per heavy atom. The topological polar surface area (TPSA) is 88.9 Å². The van der Waals surface area contributed by atoms with Gasteiger partial charge in [-0.1, -0.05) is 42.8 Å². The summed E-state index contributed by atoms with van der Waals surface area (Å²) in [6, 6.07) is 22.6. The molecule has 1 amide bonds. The third-order valence-electron chi connectivity index (χ3n) is 5.77. The maximum absolute atomic E-state index is 13.2. The minimum absolute atomic E-state index is 0.106. The van der Waals surface area contributed by atoms with E-state index in [4.69, 9.17) is 9.15 Å². The van der Waals surface area contributed by atoms with Crippen LogP contribution in [0.2, 0.25) is 0 Å². The molecule has 2 heterocycles.